The van der Waals surface area contributed by atoms with Crippen molar-refractivity contribution in [2.24, 2.45) is 0 Å². The lowest BCUT2D eigenvalue weighted by Gasteiger charge is -2.24. The van der Waals surface area contributed by atoms with Crippen LogP contribution in [0, 0.1) is 3.57 Å². The number of hydrogen-bond donors (Lipinski definition) is 0. The molecule has 0 saturated carbocycles. The van der Waals surface area contributed by atoms with Gasteiger partial charge in [-0.3, -0.25) is 0 Å². The smallest absolute Gasteiger partial charge is 0.320 e. The average molecular weight is 386 g/mol. The fraction of sp³-hybridized carbons (Fsp3) is 0.533. The standard InChI is InChI=1S/C15H19IN2O2/c16-13-5-1-2-6-14(13)20-12-7-10-18(11-12)15(19)17-8-3-4-9-17/h1-2,5-6,12H,3-4,7-11H2. The summed E-state index contributed by atoms with van der Waals surface area (Å²) in [7, 11) is 0. The molecule has 0 aromatic heterocycles. The molecule has 1 aromatic rings. The summed E-state index contributed by atoms with van der Waals surface area (Å²) in [5.41, 5.74) is 0. The monoisotopic (exact) mass is 386 g/mol. The van der Waals surface area contributed by atoms with Gasteiger partial charge in [0, 0.05) is 26.1 Å². The fourth-order valence-electron chi connectivity index (χ4n) is 2.83. The molecule has 2 aliphatic heterocycles. The predicted molar refractivity (Wildman–Crippen MR) is 86.0 cm³/mol. The van der Waals surface area contributed by atoms with Crippen LogP contribution in [0.25, 0.3) is 0 Å². The molecule has 20 heavy (non-hydrogen) atoms. The van der Waals surface area contributed by atoms with Gasteiger partial charge >= 0.3 is 6.03 Å². The molecule has 3 rings (SSSR count). The number of benzene rings is 1. The minimum atomic E-state index is 0.123. The highest BCUT2D eigenvalue weighted by molar-refractivity contribution is 14.1. The van der Waals surface area contributed by atoms with Crippen LogP contribution < -0.4 is 4.74 Å². The third kappa shape index (κ3) is 3.02. The average Bonchev–Trinajstić information content (AvgIpc) is 3.12. The van der Waals surface area contributed by atoms with E-state index in [4.69, 9.17) is 4.74 Å². The number of nitrogens with zero attached hydrogens (tertiary/aromatic N) is 2. The normalized spacial score (nSPS) is 22.4. The molecule has 2 fully saturated rings. The highest BCUT2D eigenvalue weighted by atomic mass is 127. The molecule has 4 nitrogen and oxygen atoms in total. The molecule has 5 heteroatoms. The van der Waals surface area contributed by atoms with Gasteiger partial charge in [0.05, 0.1) is 10.1 Å². The van der Waals surface area contributed by atoms with Gasteiger partial charge in [-0.25, -0.2) is 4.79 Å². The SMILES string of the molecule is O=C(N1CCCC1)N1CCC(Oc2ccccc2I)C1. The van der Waals surface area contributed by atoms with Crippen molar-refractivity contribution in [1.82, 2.24) is 9.80 Å². The van der Waals surface area contributed by atoms with Crippen LogP contribution in [0.1, 0.15) is 19.3 Å². The van der Waals surface area contributed by atoms with E-state index in [0.29, 0.717) is 6.54 Å². The van der Waals surface area contributed by atoms with Crippen LogP contribution in [-0.2, 0) is 0 Å². The van der Waals surface area contributed by atoms with Crippen LogP contribution in [0.15, 0.2) is 24.3 Å². The van der Waals surface area contributed by atoms with E-state index in [0.717, 1.165) is 48.2 Å². The van der Waals surface area contributed by atoms with E-state index in [1.807, 2.05) is 34.1 Å². The van der Waals surface area contributed by atoms with Crippen molar-refractivity contribution in [3.8, 4) is 5.75 Å². The molecule has 108 valence electrons. The highest BCUT2D eigenvalue weighted by Gasteiger charge is 2.31. The van der Waals surface area contributed by atoms with Crippen LogP contribution in [0.3, 0.4) is 0 Å². The predicted octanol–water partition coefficient (Wildman–Crippen LogP) is 2.96. The number of carbonyl (C=O) groups is 1. The van der Waals surface area contributed by atoms with Gasteiger partial charge in [-0.15, -0.1) is 0 Å². The first-order chi connectivity index (χ1) is 9.74. The topological polar surface area (TPSA) is 32.8 Å². The zero-order valence-corrected chi connectivity index (χ0v) is 13.6. The molecular weight excluding hydrogens is 367 g/mol. The van der Waals surface area contributed by atoms with Crippen LogP contribution >= 0.6 is 22.6 Å². The maximum Gasteiger partial charge on any atom is 0.320 e. The molecule has 2 amide bonds. The summed E-state index contributed by atoms with van der Waals surface area (Å²) in [6.45, 7) is 3.35. The molecule has 2 heterocycles. The number of hydrogen-bond acceptors (Lipinski definition) is 2. The first-order valence-electron chi connectivity index (χ1n) is 7.19. The van der Waals surface area contributed by atoms with E-state index in [1.165, 1.54) is 0 Å². The zero-order valence-electron chi connectivity index (χ0n) is 11.4. The third-order valence-corrected chi connectivity index (χ3v) is 4.81. The summed E-state index contributed by atoms with van der Waals surface area (Å²) >= 11 is 2.28. The second-order valence-electron chi connectivity index (χ2n) is 5.38. The van der Waals surface area contributed by atoms with Crippen molar-refractivity contribution in [2.75, 3.05) is 26.2 Å². The first kappa shape index (κ1) is 14.0. The molecule has 0 radical (unpaired) electrons. The van der Waals surface area contributed by atoms with Crippen molar-refractivity contribution >= 4 is 28.6 Å². The second-order valence-corrected chi connectivity index (χ2v) is 6.54. The fourth-order valence-corrected chi connectivity index (χ4v) is 3.34. The number of halogens is 1. The maximum absolute atomic E-state index is 12.3. The largest absolute Gasteiger partial charge is 0.487 e. The van der Waals surface area contributed by atoms with Gasteiger partial charge in [0.2, 0.25) is 0 Å². The minimum Gasteiger partial charge on any atom is -0.487 e. The molecule has 2 saturated heterocycles. The Morgan fingerprint density at radius 2 is 1.90 bits per heavy atom. The van der Waals surface area contributed by atoms with Gasteiger partial charge in [-0.05, 0) is 47.6 Å². The van der Waals surface area contributed by atoms with Gasteiger partial charge in [-0.1, -0.05) is 12.1 Å². The van der Waals surface area contributed by atoms with E-state index in [2.05, 4.69) is 22.6 Å². The summed E-state index contributed by atoms with van der Waals surface area (Å²) in [5, 5.41) is 0. The van der Waals surface area contributed by atoms with Gasteiger partial charge in [0.25, 0.3) is 0 Å². The van der Waals surface area contributed by atoms with Crippen molar-refractivity contribution in [3.63, 3.8) is 0 Å². The van der Waals surface area contributed by atoms with Gasteiger partial charge in [0.15, 0.2) is 0 Å². The van der Waals surface area contributed by atoms with Gasteiger partial charge in [0.1, 0.15) is 11.9 Å². The molecule has 1 aromatic carbocycles. The first-order valence-corrected chi connectivity index (χ1v) is 8.27. The van der Waals surface area contributed by atoms with Crippen molar-refractivity contribution in [3.05, 3.63) is 27.8 Å². The number of ether oxygens (including phenoxy) is 1. The summed E-state index contributed by atoms with van der Waals surface area (Å²) in [5.74, 6) is 0.925. The van der Waals surface area contributed by atoms with E-state index >= 15 is 0 Å². The molecule has 1 unspecified atom stereocenters. The lowest BCUT2D eigenvalue weighted by Crippen LogP contribution is -2.41. The molecular formula is C15H19IN2O2. The highest BCUT2D eigenvalue weighted by Crippen LogP contribution is 2.24. The van der Waals surface area contributed by atoms with Crippen molar-refractivity contribution in [1.29, 1.82) is 0 Å². The number of amides is 2. The Labute approximate surface area is 133 Å². The number of para-hydroxylation sites is 1. The summed E-state index contributed by atoms with van der Waals surface area (Å²) in [6, 6.07) is 8.22. The second kappa shape index (κ2) is 6.20. The van der Waals surface area contributed by atoms with Gasteiger partial charge in [-0.2, -0.15) is 0 Å². The van der Waals surface area contributed by atoms with E-state index in [1.54, 1.807) is 0 Å². The van der Waals surface area contributed by atoms with Crippen LogP contribution in [0.4, 0.5) is 4.79 Å². The number of rotatable bonds is 2. The van der Waals surface area contributed by atoms with E-state index in [9.17, 15) is 4.79 Å². The molecule has 0 bridgehead atoms. The van der Waals surface area contributed by atoms with Gasteiger partial charge < -0.3 is 14.5 Å². The lowest BCUT2D eigenvalue weighted by atomic mass is 10.3. The Morgan fingerprint density at radius 1 is 1.15 bits per heavy atom. The maximum atomic E-state index is 12.3. The molecule has 2 aliphatic rings. The molecule has 0 aliphatic carbocycles. The Morgan fingerprint density at radius 3 is 2.65 bits per heavy atom. The molecule has 0 spiro atoms. The van der Waals surface area contributed by atoms with E-state index in [-0.39, 0.29) is 12.1 Å². The summed E-state index contributed by atoms with van der Waals surface area (Å²) < 4.78 is 7.15. The van der Waals surface area contributed by atoms with Crippen LogP contribution in [0.5, 0.6) is 5.75 Å². The number of likely N-dealkylation sites (tertiary alicyclic amines) is 2. The van der Waals surface area contributed by atoms with Crippen LogP contribution in [0.2, 0.25) is 0 Å². The lowest BCUT2D eigenvalue weighted by molar-refractivity contribution is 0.160. The van der Waals surface area contributed by atoms with Crippen molar-refractivity contribution in [2.45, 2.75) is 25.4 Å². The number of carbonyl (C=O) groups excluding carboxylic acids is 1. The Bertz CT molecular complexity index is 489. The Hall–Kier alpha value is -0.980. The minimum absolute atomic E-state index is 0.123. The number of urea groups is 1. The Balaban J connectivity index is 1.57. The summed E-state index contributed by atoms with van der Waals surface area (Å²) in [4.78, 5) is 16.2. The Kier molecular flexibility index (Phi) is 4.33. The molecule has 0 N–H and O–H groups in total. The zero-order chi connectivity index (χ0) is 13.9. The van der Waals surface area contributed by atoms with Crippen LogP contribution in [-0.4, -0.2) is 48.1 Å². The van der Waals surface area contributed by atoms with E-state index < -0.39 is 0 Å². The quantitative estimate of drug-likeness (QED) is 0.733. The third-order valence-electron chi connectivity index (χ3n) is 3.92. The summed E-state index contributed by atoms with van der Waals surface area (Å²) in [6.07, 6.45) is 3.33. The molecule has 1 atom stereocenters. The van der Waals surface area contributed by atoms with Crippen molar-refractivity contribution < 1.29 is 9.53 Å².